The van der Waals surface area contributed by atoms with Gasteiger partial charge < -0.3 is 14.4 Å². The fourth-order valence-corrected chi connectivity index (χ4v) is 3.04. The molecule has 1 aromatic rings. The molecular weight excluding hydrogens is 346 g/mol. The molecule has 144 valence electrons. The number of ether oxygens (including phenoxy) is 2. The molecule has 0 atom stereocenters. The maximum atomic E-state index is 12.7. The second-order valence-electron chi connectivity index (χ2n) is 6.14. The van der Waals surface area contributed by atoms with Crippen LogP contribution in [0.4, 0.5) is 0 Å². The topological polar surface area (TPSA) is 72.9 Å². The van der Waals surface area contributed by atoms with Crippen molar-refractivity contribution in [1.29, 1.82) is 0 Å². The van der Waals surface area contributed by atoms with E-state index in [-0.39, 0.29) is 36.7 Å². The molecule has 0 aliphatic carbocycles. The van der Waals surface area contributed by atoms with Crippen LogP contribution >= 0.6 is 0 Å². The van der Waals surface area contributed by atoms with Gasteiger partial charge in [0.25, 0.3) is 0 Å². The van der Waals surface area contributed by atoms with E-state index in [1.807, 2.05) is 30.3 Å². The minimum atomic E-state index is -0.607. The summed E-state index contributed by atoms with van der Waals surface area (Å²) in [6.45, 7) is 7.32. The average Bonchev–Trinajstić information content (AvgIpc) is 2.64. The van der Waals surface area contributed by atoms with E-state index in [4.69, 9.17) is 9.47 Å². The zero-order valence-corrected chi connectivity index (χ0v) is 16.2. The summed E-state index contributed by atoms with van der Waals surface area (Å²) in [6.07, 6.45) is 0.0550. The van der Waals surface area contributed by atoms with Crippen molar-refractivity contribution in [2.45, 2.75) is 40.7 Å². The molecule has 1 heterocycles. The standard InChI is InChI=1S/C21H25NO5/c1-5-26-20(24)18-12-17(15(4)23)14(3)22(19(18)21(25)27-6-2)13-16-10-8-7-9-11-16/h7-11H,5-6,12-13H2,1-4H3. The quantitative estimate of drug-likeness (QED) is 0.686. The molecule has 2 rings (SSSR count). The molecule has 6 heteroatoms. The zero-order chi connectivity index (χ0) is 20.0. The maximum Gasteiger partial charge on any atom is 0.355 e. The van der Waals surface area contributed by atoms with Gasteiger partial charge in [0.05, 0.1) is 18.8 Å². The number of hydrogen-bond donors (Lipinski definition) is 0. The molecule has 0 amide bonds. The first kappa shape index (κ1) is 20.4. The first-order valence-corrected chi connectivity index (χ1v) is 9.00. The fraction of sp³-hybridized carbons (Fsp3) is 0.381. The summed E-state index contributed by atoms with van der Waals surface area (Å²) in [7, 11) is 0. The van der Waals surface area contributed by atoms with E-state index in [0.29, 0.717) is 17.8 Å². The number of carbonyl (C=O) groups excluding carboxylic acids is 3. The van der Waals surface area contributed by atoms with Crippen LogP contribution < -0.4 is 0 Å². The van der Waals surface area contributed by atoms with Gasteiger partial charge in [0.2, 0.25) is 0 Å². The molecule has 0 saturated carbocycles. The number of benzene rings is 1. The Morgan fingerprint density at radius 2 is 1.56 bits per heavy atom. The summed E-state index contributed by atoms with van der Waals surface area (Å²) in [5, 5.41) is 0. The van der Waals surface area contributed by atoms with Crippen LogP contribution in [0.25, 0.3) is 0 Å². The summed E-state index contributed by atoms with van der Waals surface area (Å²) in [5.41, 5.74) is 2.36. The Labute approximate surface area is 159 Å². The molecule has 27 heavy (non-hydrogen) atoms. The predicted octanol–water partition coefficient (Wildman–Crippen LogP) is 3.14. The molecule has 0 aromatic heterocycles. The number of allylic oxidation sites excluding steroid dienone is 2. The summed E-state index contributed by atoms with van der Waals surface area (Å²) in [6, 6.07) is 9.52. The van der Waals surface area contributed by atoms with Gasteiger partial charge in [-0.05, 0) is 33.3 Å². The lowest BCUT2D eigenvalue weighted by atomic mass is 9.93. The number of hydrogen-bond acceptors (Lipinski definition) is 6. The van der Waals surface area contributed by atoms with Crippen molar-refractivity contribution in [3.8, 4) is 0 Å². The predicted molar refractivity (Wildman–Crippen MR) is 100 cm³/mol. The van der Waals surface area contributed by atoms with Gasteiger partial charge in [0, 0.05) is 24.2 Å². The average molecular weight is 371 g/mol. The Bertz CT molecular complexity index is 792. The first-order chi connectivity index (χ1) is 12.9. The number of nitrogens with zero attached hydrogens (tertiary/aromatic N) is 1. The number of Topliss-reactive ketones (excluding diaryl/α,β-unsaturated/α-hetero) is 1. The highest BCUT2D eigenvalue weighted by Gasteiger charge is 2.35. The summed E-state index contributed by atoms with van der Waals surface area (Å²) in [4.78, 5) is 39.1. The molecule has 0 spiro atoms. The monoisotopic (exact) mass is 371 g/mol. The molecule has 1 aromatic carbocycles. The van der Waals surface area contributed by atoms with E-state index in [1.54, 1.807) is 25.7 Å². The minimum Gasteiger partial charge on any atom is -0.463 e. The van der Waals surface area contributed by atoms with Crippen LogP contribution in [0.5, 0.6) is 0 Å². The molecular formula is C21H25NO5. The van der Waals surface area contributed by atoms with E-state index >= 15 is 0 Å². The van der Waals surface area contributed by atoms with Crippen molar-refractivity contribution in [3.63, 3.8) is 0 Å². The summed E-state index contributed by atoms with van der Waals surface area (Å²) in [5.74, 6) is -1.35. The number of esters is 2. The van der Waals surface area contributed by atoms with Crippen LogP contribution in [-0.2, 0) is 30.4 Å². The normalized spacial score (nSPS) is 14.3. The van der Waals surface area contributed by atoms with Crippen molar-refractivity contribution < 1.29 is 23.9 Å². The van der Waals surface area contributed by atoms with Gasteiger partial charge in [0.15, 0.2) is 5.78 Å². The lowest BCUT2D eigenvalue weighted by Crippen LogP contribution is -2.35. The van der Waals surface area contributed by atoms with Crippen molar-refractivity contribution in [1.82, 2.24) is 4.90 Å². The molecule has 0 bridgehead atoms. The van der Waals surface area contributed by atoms with Gasteiger partial charge in [-0.25, -0.2) is 9.59 Å². The highest BCUT2D eigenvalue weighted by Crippen LogP contribution is 2.34. The second-order valence-corrected chi connectivity index (χ2v) is 6.14. The van der Waals surface area contributed by atoms with Crippen molar-refractivity contribution in [2.24, 2.45) is 0 Å². The first-order valence-electron chi connectivity index (χ1n) is 9.00. The van der Waals surface area contributed by atoms with E-state index < -0.39 is 11.9 Å². The molecule has 0 radical (unpaired) electrons. The van der Waals surface area contributed by atoms with Crippen LogP contribution in [0.1, 0.15) is 39.7 Å². The number of rotatable bonds is 7. The Morgan fingerprint density at radius 1 is 0.963 bits per heavy atom. The maximum absolute atomic E-state index is 12.7. The molecule has 0 fully saturated rings. The van der Waals surface area contributed by atoms with Crippen LogP contribution in [-0.4, -0.2) is 35.8 Å². The third kappa shape index (κ3) is 4.64. The zero-order valence-electron chi connectivity index (χ0n) is 16.2. The number of carbonyl (C=O) groups is 3. The third-order valence-corrected chi connectivity index (χ3v) is 4.35. The van der Waals surface area contributed by atoms with Gasteiger partial charge in [-0.3, -0.25) is 4.79 Å². The molecule has 1 aliphatic heterocycles. The Kier molecular flexibility index (Phi) is 6.93. The van der Waals surface area contributed by atoms with Crippen molar-refractivity contribution in [3.05, 3.63) is 58.4 Å². The summed E-state index contributed by atoms with van der Waals surface area (Å²) >= 11 is 0. The Balaban J connectivity index is 2.60. The van der Waals surface area contributed by atoms with E-state index in [0.717, 1.165) is 5.56 Å². The van der Waals surface area contributed by atoms with E-state index in [9.17, 15) is 14.4 Å². The minimum absolute atomic E-state index is 0.0550. The van der Waals surface area contributed by atoms with Crippen LogP contribution in [0, 0.1) is 0 Å². The van der Waals surface area contributed by atoms with Crippen LogP contribution in [0.2, 0.25) is 0 Å². The Morgan fingerprint density at radius 3 is 2.11 bits per heavy atom. The van der Waals surface area contributed by atoms with Crippen molar-refractivity contribution >= 4 is 17.7 Å². The van der Waals surface area contributed by atoms with Gasteiger partial charge in [-0.15, -0.1) is 0 Å². The van der Waals surface area contributed by atoms with Gasteiger partial charge in [0.1, 0.15) is 5.70 Å². The third-order valence-electron chi connectivity index (χ3n) is 4.35. The summed E-state index contributed by atoms with van der Waals surface area (Å²) < 4.78 is 10.3. The molecule has 6 nitrogen and oxygen atoms in total. The lowest BCUT2D eigenvalue weighted by molar-refractivity contribution is -0.143. The van der Waals surface area contributed by atoms with Crippen molar-refractivity contribution in [2.75, 3.05) is 13.2 Å². The van der Waals surface area contributed by atoms with Gasteiger partial charge >= 0.3 is 11.9 Å². The second kappa shape index (κ2) is 9.16. The smallest absolute Gasteiger partial charge is 0.355 e. The largest absolute Gasteiger partial charge is 0.463 e. The molecule has 0 unspecified atom stereocenters. The SMILES string of the molecule is CCOC(=O)C1=C(C(=O)OCC)N(Cc2ccccc2)C(C)=C(C(C)=O)C1. The molecule has 1 aliphatic rings. The van der Waals surface area contributed by atoms with E-state index in [2.05, 4.69) is 0 Å². The number of ketones is 1. The van der Waals surface area contributed by atoms with Crippen LogP contribution in [0.15, 0.2) is 52.9 Å². The highest BCUT2D eigenvalue weighted by molar-refractivity contribution is 6.04. The van der Waals surface area contributed by atoms with Gasteiger partial charge in [-0.2, -0.15) is 0 Å². The molecule has 0 N–H and O–H groups in total. The highest BCUT2D eigenvalue weighted by atomic mass is 16.5. The Hall–Kier alpha value is -2.89. The van der Waals surface area contributed by atoms with E-state index in [1.165, 1.54) is 6.92 Å². The van der Waals surface area contributed by atoms with Crippen LogP contribution in [0.3, 0.4) is 0 Å². The molecule has 0 saturated heterocycles. The fourth-order valence-electron chi connectivity index (χ4n) is 3.04. The van der Waals surface area contributed by atoms with Gasteiger partial charge in [-0.1, -0.05) is 30.3 Å². The lowest BCUT2D eigenvalue weighted by Gasteiger charge is -2.34.